The van der Waals surface area contributed by atoms with Crippen molar-refractivity contribution >= 4 is 35.0 Å². The van der Waals surface area contributed by atoms with Gasteiger partial charge in [-0.25, -0.2) is 14.8 Å². The molecule has 1 amide bonds. The number of hydrogen-bond donors (Lipinski definition) is 1. The molecular formula is C50H72N6O11. The number of Topliss-reactive ketones (excluding diaryl/α,β-unsaturated/α-hetero) is 1. The van der Waals surface area contributed by atoms with E-state index in [9.17, 15) is 19.5 Å². The van der Waals surface area contributed by atoms with Crippen molar-refractivity contribution in [1.29, 1.82) is 0 Å². The predicted octanol–water partition coefficient (Wildman–Crippen LogP) is 5.95. The van der Waals surface area contributed by atoms with E-state index in [0.29, 0.717) is 43.6 Å². The molecule has 0 aromatic carbocycles. The summed E-state index contributed by atoms with van der Waals surface area (Å²) in [6.45, 7) is 19.6. The topological polar surface area (TPSA) is 194 Å². The third-order valence-corrected chi connectivity index (χ3v) is 14.4. The molecule has 67 heavy (non-hydrogen) atoms. The van der Waals surface area contributed by atoms with Gasteiger partial charge in [0.05, 0.1) is 48.0 Å². The molecule has 368 valence electrons. The Morgan fingerprint density at radius 3 is 2.46 bits per heavy atom. The predicted molar refractivity (Wildman–Crippen MR) is 248 cm³/mol. The summed E-state index contributed by atoms with van der Waals surface area (Å²) in [5, 5.41) is 11.9. The van der Waals surface area contributed by atoms with Gasteiger partial charge in [-0.15, -0.1) is 6.58 Å². The number of imidazole rings is 1. The maximum atomic E-state index is 15.0. The standard InChI is InChI=1S/C50H72N6O11/c1-12-22-54(10)37-25-31(4)63-47(41(37)59)66-44-33(6)42(65-39(57)26-35-18-16-20-51-28-35)34(7)46(60)64-38(13-2)50(9)43(32(5)40(58)30(3)27-49(44,8)62-11)56(48(61)67-50)24-15-14-23-55-29-53-45-36(55)19-17-21-52-45/h12,16-21,28-34,37-38,41-44,47,59H,1,13-15,22-27H2,2-11H3/t30-,31-,32+,33+,34-,37+,38-,41-,42+,43+,44-,47+,49-,50-/m1/s1. The van der Waals surface area contributed by atoms with E-state index in [1.165, 1.54) is 7.11 Å². The quantitative estimate of drug-likeness (QED) is 0.0813. The van der Waals surface area contributed by atoms with Gasteiger partial charge in [0.25, 0.3) is 0 Å². The smallest absolute Gasteiger partial charge is 0.410 e. The second-order valence-electron chi connectivity index (χ2n) is 19.4. The Morgan fingerprint density at radius 2 is 1.78 bits per heavy atom. The number of aliphatic hydroxyl groups excluding tert-OH is 1. The third kappa shape index (κ3) is 11.2. The van der Waals surface area contributed by atoms with Crippen molar-refractivity contribution in [3.63, 3.8) is 0 Å². The van der Waals surface area contributed by atoms with Crippen LogP contribution in [0.4, 0.5) is 4.79 Å². The van der Waals surface area contributed by atoms with Crippen molar-refractivity contribution in [2.45, 2.75) is 161 Å². The first-order valence-corrected chi connectivity index (χ1v) is 23.8. The molecule has 17 nitrogen and oxygen atoms in total. The zero-order valence-electron chi connectivity index (χ0n) is 40.9. The van der Waals surface area contributed by atoms with E-state index in [1.807, 2.05) is 56.3 Å². The molecule has 0 aliphatic carbocycles. The van der Waals surface area contributed by atoms with Gasteiger partial charge in [0, 0.05) is 69.1 Å². The second-order valence-corrected chi connectivity index (χ2v) is 19.4. The number of aliphatic hydroxyl groups is 1. The molecule has 3 saturated heterocycles. The molecule has 1 N–H and O–H groups in total. The molecular weight excluding hydrogens is 861 g/mol. The number of aryl methyl sites for hydroxylation is 1. The summed E-state index contributed by atoms with van der Waals surface area (Å²) in [6.07, 6.45) is 3.95. The molecule has 17 heteroatoms. The molecule has 3 aliphatic rings. The van der Waals surface area contributed by atoms with Gasteiger partial charge < -0.3 is 43.0 Å². The SMILES string of the molecule is C=CCN(C)[C@H]1C[C@@H](C)O[C@@H](O[C@@H]2[C@@H](C)[C@H](OC(=O)Cc3cccnc3)[C@@H](C)C(=O)O[C@H](CC)[C@@]3(C)OC(=O)N(CCCCn4cnc5ncccc54)[C@H]3[C@@H](C)C(=O)[C@H](C)C[C@@]2(C)OC)[C@@H]1O. The van der Waals surface area contributed by atoms with E-state index in [-0.39, 0.29) is 43.7 Å². The number of esters is 2. The highest BCUT2D eigenvalue weighted by Gasteiger charge is 2.60. The van der Waals surface area contributed by atoms with Gasteiger partial charge >= 0.3 is 18.0 Å². The number of amides is 1. The number of ether oxygens (including phenoxy) is 6. The number of pyridine rings is 2. The fraction of sp³-hybridized carbons (Fsp3) is 0.660. The maximum Gasteiger partial charge on any atom is 0.410 e. The van der Waals surface area contributed by atoms with Crippen LogP contribution in [0.2, 0.25) is 0 Å². The molecule has 0 spiro atoms. The summed E-state index contributed by atoms with van der Waals surface area (Å²) >= 11 is 0. The van der Waals surface area contributed by atoms with E-state index in [2.05, 4.69) is 21.5 Å². The number of cyclic esters (lactones) is 1. The number of ketones is 1. The van der Waals surface area contributed by atoms with Gasteiger partial charge in [-0.1, -0.05) is 39.8 Å². The Labute approximate surface area is 394 Å². The highest BCUT2D eigenvalue weighted by atomic mass is 16.7. The normalized spacial score (nSPS) is 34.3. The largest absolute Gasteiger partial charge is 0.461 e. The van der Waals surface area contributed by atoms with Crippen molar-refractivity contribution in [2.24, 2.45) is 23.7 Å². The number of nitrogens with zero attached hydrogens (tertiary/aromatic N) is 6. The van der Waals surface area contributed by atoms with Gasteiger partial charge in [0.2, 0.25) is 0 Å². The van der Waals surface area contributed by atoms with Crippen molar-refractivity contribution < 1.29 is 52.7 Å². The molecule has 6 heterocycles. The fourth-order valence-electron chi connectivity index (χ4n) is 10.8. The highest BCUT2D eigenvalue weighted by Crippen LogP contribution is 2.44. The summed E-state index contributed by atoms with van der Waals surface area (Å²) in [7, 11) is 3.42. The summed E-state index contributed by atoms with van der Waals surface area (Å²) in [4.78, 5) is 74.3. The van der Waals surface area contributed by atoms with Crippen LogP contribution in [0.3, 0.4) is 0 Å². The van der Waals surface area contributed by atoms with Crippen LogP contribution in [-0.4, -0.2) is 146 Å². The van der Waals surface area contributed by atoms with Crippen LogP contribution in [0.25, 0.3) is 11.2 Å². The number of hydrogen-bond acceptors (Lipinski definition) is 15. The second kappa shape index (κ2) is 22.1. The van der Waals surface area contributed by atoms with Crippen molar-refractivity contribution in [1.82, 2.24) is 29.3 Å². The molecule has 0 bridgehead atoms. The lowest BCUT2D eigenvalue weighted by atomic mass is 9.73. The average Bonchev–Trinajstić information content (AvgIpc) is 3.84. The Balaban J connectivity index is 1.37. The van der Waals surface area contributed by atoms with Gasteiger partial charge in [-0.05, 0) is 90.6 Å². The molecule has 3 fully saturated rings. The minimum Gasteiger partial charge on any atom is -0.461 e. The minimum atomic E-state index is -1.44. The number of rotatable bonds is 15. The maximum absolute atomic E-state index is 15.0. The van der Waals surface area contributed by atoms with Gasteiger partial charge in [-0.3, -0.25) is 24.3 Å². The third-order valence-electron chi connectivity index (χ3n) is 14.4. The minimum absolute atomic E-state index is 0.109. The van der Waals surface area contributed by atoms with E-state index < -0.39 is 89.7 Å². The highest BCUT2D eigenvalue weighted by molar-refractivity contribution is 5.85. The number of methoxy groups -OCH3 is 1. The first-order chi connectivity index (χ1) is 31.9. The Hall–Kier alpha value is -4.81. The van der Waals surface area contributed by atoms with Crippen LogP contribution in [0.15, 0.2) is 61.8 Å². The van der Waals surface area contributed by atoms with Crippen molar-refractivity contribution in [2.75, 3.05) is 27.2 Å². The number of aromatic nitrogens is 4. The van der Waals surface area contributed by atoms with Crippen molar-refractivity contribution in [3.8, 4) is 0 Å². The van der Waals surface area contributed by atoms with Crippen LogP contribution < -0.4 is 0 Å². The molecule has 3 aliphatic heterocycles. The first kappa shape index (κ1) is 51.6. The lowest BCUT2D eigenvalue weighted by Crippen LogP contribution is -2.61. The zero-order chi connectivity index (χ0) is 48.8. The molecule has 14 atom stereocenters. The van der Waals surface area contributed by atoms with E-state index in [1.54, 1.807) is 75.7 Å². The number of fused-ring (bicyclic) bond motifs is 2. The summed E-state index contributed by atoms with van der Waals surface area (Å²) in [5.41, 5.74) is -0.587. The molecule has 3 aromatic rings. The van der Waals surface area contributed by atoms with Gasteiger partial charge in [0.1, 0.15) is 24.1 Å². The molecule has 3 aromatic heterocycles. The molecule has 0 saturated carbocycles. The average molecular weight is 933 g/mol. The number of likely N-dealkylation sites (N-methyl/N-ethyl adjacent to an activating group) is 1. The van der Waals surface area contributed by atoms with Gasteiger partial charge in [0.15, 0.2) is 17.5 Å². The van der Waals surface area contributed by atoms with Crippen molar-refractivity contribution in [3.05, 3.63) is 67.4 Å². The molecule has 0 radical (unpaired) electrons. The van der Waals surface area contributed by atoms with Crippen LogP contribution in [-0.2, 0) is 55.8 Å². The van der Waals surface area contributed by atoms with Crippen LogP contribution in [0.5, 0.6) is 0 Å². The lowest BCUT2D eigenvalue weighted by Gasteiger charge is -2.48. The van der Waals surface area contributed by atoms with E-state index >= 15 is 4.79 Å². The summed E-state index contributed by atoms with van der Waals surface area (Å²) in [6, 6.07) is 6.11. The molecule has 0 unspecified atom stereocenters. The van der Waals surface area contributed by atoms with E-state index in [0.717, 1.165) is 5.52 Å². The Kier molecular flexibility index (Phi) is 17.0. The van der Waals surface area contributed by atoms with Crippen LogP contribution >= 0.6 is 0 Å². The fourth-order valence-corrected chi connectivity index (χ4v) is 10.8. The Bertz CT molecular complexity index is 2180. The number of unbranched alkanes of at least 4 members (excludes halogenated alkanes) is 1. The number of carbonyl (C=O) groups is 4. The Morgan fingerprint density at radius 1 is 1.04 bits per heavy atom. The number of carbonyl (C=O) groups excluding carboxylic acids is 4. The monoisotopic (exact) mass is 933 g/mol. The first-order valence-electron chi connectivity index (χ1n) is 23.8. The van der Waals surface area contributed by atoms with Crippen LogP contribution in [0, 0.1) is 23.7 Å². The lowest BCUT2D eigenvalue weighted by molar-refractivity contribution is -0.302. The zero-order valence-corrected chi connectivity index (χ0v) is 40.9. The summed E-state index contributed by atoms with van der Waals surface area (Å²) < 4.78 is 40.7. The summed E-state index contributed by atoms with van der Waals surface area (Å²) in [5.74, 6) is -4.87. The molecule has 6 rings (SSSR count). The van der Waals surface area contributed by atoms with E-state index in [4.69, 9.17) is 28.4 Å². The van der Waals surface area contributed by atoms with Gasteiger partial charge in [-0.2, -0.15) is 0 Å². The van der Waals surface area contributed by atoms with Crippen LogP contribution in [0.1, 0.15) is 93.1 Å².